The minimum absolute atomic E-state index is 0.299. The molecule has 146 valence electrons. The number of nitrogens with one attached hydrogen (secondary N) is 1. The van der Waals surface area contributed by atoms with Gasteiger partial charge in [-0.15, -0.1) is 0 Å². The second-order valence-electron chi connectivity index (χ2n) is 6.37. The molecule has 0 radical (unpaired) electrons. The van der Waals surface area contributed by atoms with E-state index in [-0.39, 0.29) is 0 Å². The standard InChI is InChI=1S/C19H22Cl2N2O3S/c1-5-18(19(24)22-14-7-9-16(20)17(21)11-14)23(27(4,25)26)15-8-6-12(2)13(3)10-15/h6-11,18H,5H2,1-4H3,(H,22,24)/t18-/m1/s1. The molecule has 0 aromatic heterocycles. The number of carbonyl (C=O) groups is 1. The molecule has 0 unspecified atom stereocenters. The summed E-state index contributed by atoms with van der Waals surface area (Å²) in [6.45, 7) is 5.60. The Balaban J connectivity index is 2.40. The number of hydrogen-bond acceptors (Lipinski definition) is 3. The Bertz CT molecular complexity index is 961. The molecule has 2 rings (SSSR count). The largest absolute Gasteiger partial charge is 0.324 e. The summed E-state index contributed by atoms with van der Waals surface area (Å²) in [5.41, 5.74) is 2.89. The van der Waals surface area contributed by atoms with Crippen LogP contribution in [0.5, 0.6) is 0 Å². The van der Waals surface area contributed by atoms with E-state index in [9.17, 15) is 13.2 Å². The lowest BCUT2D eigenvalue weighted by Crippen LogP contribution is -2.47. The van der Waals surface area contributed by atoms with Crippen LogP contribution in [0.15, 0.2) is 36.4 Å². The summed E-state index contributed by atoms with van der Waals surface area (Å²) in [5, 5.41) is 3.39. The minimum Gasteiger partial charge on any atom is -0.324 e. The number of sulfonamides is 1. The molecule has 0 heterocycles. The van der Waals surface area contributed by atoms with Gasteiger partial charge in [0.1, 0.15) is 6.04 Å². The van der Waals surface area contributed by atoms with Crippen molar-refractivity contribution >= 4 is 50.5 Å². The van der Waals surface area contributed by atoms with Crippen LogP contribution in [0.4, 0.5) is 11.4 Å². The number of halogens is 2. The second-order valence-corrected chi connectivity index (χ2v) is 9.04. The van der Waals surface area contributed by atoms with Crippen LogP contribution in [0.25, 0.3) is 0 Å². The molecule has 0 fully saturated rings. The van der Waals surface area contributed by atoms with E-state index < -0.39 is 22.0 Å². The van der Waals surface area contributed by atoms with Crippen LogP contribution < -0.4 is 9.62 Å². The quantitative estimate of drug-likeness (QED) is 0.718. The molecule has 2 aromatic rings. The number of hydrogen-bond donors (Lipinski definition) is 1. The van der Waals surface area contributed by atoms with Gasteiger partial charge in [0.25, 0.3) is 0 Å². The average Bonchev–Trinajstić information content (AvgIpc) is 2.57. The first-order valence-corrected chi connectivity index (χ1v) is 11.0. The van der Waals surface area contributed by atoms with Crippen LogP contribution in [-0.4, -0.2) is 26.6 Å². The highest BCUT2D eigenvalue weighted by Gasteiger charge is 2.31. The Labute approximate surface area is 170 Å². The van der Waals surface area contributed by atoms with Crippen LogP contribution in [-0.2, 0) is 14.8 Å². The zero-order valence-corrected chi connectivity index (χ0v) is 17.9. The summed E-state index contributed by atoms with van der Waals surface area (Å²) in [6, 6.07) is 9.11. The highest BCUT2D eigenvalue weighted by Crippen LogP contribution is 2.27. The van der Waals surface area contributed by atoms with Crippen molar-refractivity contribution in [1.82, 2.24) is 0 Å². The molecule has 0 aliphatic carbocycles. The normalized spacial score (nSPS) is 12.5. The molecule has 27 heavy (non-hydrogen) atoms. The first-order chi connectivity index (χ1) is 12.5. The molecule has 0 aliphatic heterocycles. The predicted octanol–water partition coefficient (Wildman–Crippen LogP) is 4.79. The van der Waals surface area contributed by atoms with Gasteiger partial charge in [-0.1, -0.05) is 36.2 Å². The van der Waals surface area contributed by atoms with Gasteiger partial charge in [0.2, 0.25) is 15.9 Å². The average molecular weight is 429 g/mol. The van der Waals surface area contributed by atoms with Crippen LogP contribution in [0, 0.1) is 13.8 Å². The molecule has 1 N–H and O–H groups in total. The molecule has 1 amide bonds. The van der Waals surface area contributed by atoms with E-state index in [0.717, 1.165) is 21.7 Å². The van der Waals surface area contributed by atoms with Crippen molar-refractivity contribution in [2.24, 2.45) is 0 Å². The van der Waals surface area contributed by atoms with Crippen molar-refractivity contribution in [3.8, 4) is 0 Å². The van der Waals surface area contributed by atoms with Crippen LogP contribution >= 0.6 is 23.2 Å². The summed E-state index contributed by atoms with van der Waals surface area (Å²) in [7, 11) is -3.69. The van der Waals surface area contributed by atoms with Gasteiger partial charge in [0, 0.05) is 5.69 Å². The monoisotopic (exact) mass is 428 g/mol. The summed E-state index contributed by atoms with van der Waals surface area (Å²) in [6.07, 6.45) is 1.39. The maximum atomic E-state index is 12.9. The highest BCUT2D eigenvalue weighted by atomic mass is 35.5. The Kier molecular flexibility index (Phi) is 6.78. The van der Waals surface area contributed by atoms with E-state index in [2.05, 4.69) is 5.32 Å². The van der Waals surface area contributed by atoms with Gasteiger partial charge in [-0.25, -0.2) is 8.42 Å². The second kappa shape index (κ2) is 8.50. The van der Waals surface area contributed by atoms with Crippen molar-refractivity contribution in [3.63, 3.8) is 0 Å². The van der Waals surface area contributed by atoms with E-state index in [1.54, 1.807) is 31.2 Å². The van der Waals surface area contributed by atoms with E-state index in [4.69, 9.17) is 23.2 Å². The fourth-order valence-electron chi connectivity index (χ4n) is 2.72. The predicted molar refractivity (Wildman–Crippen MR) is 112 cm³/mol. The molecule has 0 saturated heterocycles. The fourth-order valence-corrected chi connectivity index (χ4v) is 4.22. The molecule has 2 aromatic carbocycles. The zero-order valence-electron chi connectivity index (χ0n) is 15.6. The summed E-state index contributed by atoms with van der Waals surface area (Å²) < 4.78 is 26.1. The molecule has 0 aliphatic rings. The number of carbonyl (C=O) groups excluding carboxylic acids is 1. The lowest BCUT2D eigenvalue weighted by molar-refractivity contribution is -0.117. The Hall–Kier alpha value is -1.76. The topological polar surface area (TPSA) is 66.5 Å². The third-order valence-electron chi connectivity index (χ3n) is 4.26. The Morgan fingerprint density at radius 2 is 1.74 bits per heavy atom. The zero-order chi connectivity index (χ0) is 20.4. The molecule has 0 saturated carbocycles. The van der Waals surface area contributed by atoms with Gasteiger partial charge in [-0.3, -0.25) is 9.10 Å². The molecular formula is C19H22Cl2N2O3S. The fraction of sp³-hybridized carbons (Fsp3) is 0.316. The van der Waals surface area contributed by atoms with Crippen molar-refractivity contribution in [1.29, 1.82) is 0 Å². The third kappa shape index (κ3) is 5.15. The van der Waals surface area contributed by atoms with Crippen molar-refractivity contribution in [2.75, 3.05) is 15.9 Å². The lowest BCUT2D eigenvalue weighted by Gasteiger charge is -2.30. The Morgan fingerprint density at radius 3 is 2.26 bits per heavy atom. The molecule has 1 atom stereocenters. The first-order valence-electron chi connectivity index (χ1n) is 8.37. The van der Waals surface area contributed by atoms with Gasteiger partial charge in [0.15, 0.2) is 0 Å². The third-order valence-corrected chi connectivity index (χ3v) is 6.18. The van der Waals surface area contributed by atoms with E-state index in [1.165, 1.54) is 6.07 Å². The van der Waals surface area contributed by atoms with Gasteiger partial charge in [-0.05, 0) is 61.7 Å². The molecule has 0 spiro atoms. The Morgan fingerprint density at radius 1 is 1.07 bits per heavy atom. The van der Waals surface area contributed by atoms with Crippen molar-refractivity contribution < 1.29 is 13.2 Å². The first kappa shape index (κ1) is 21.5. The van der Waals surface area contributed by atoms with Crippen LogP contribution in [0.1, 0.15) is 24.5 Å². The SMILES string of the molecule is CC[C@H](C(=O)Nc1ccc(Cl)c(Cl)c1)N(c1ccc(C)c(C)c1)S(C)(=O)=O. The number of rotatable bonds is 6. The van der Waals surface area contributed by atoms with E-state index in [0.29, 0.717) is 27.8 Å². The van der Waals surface area contributed by atoms with Crippen molar-refractivity contribution in [2.45, 2.75) is 33.2 Å². The highest BCUT2D eigenvalue weighted by molar-refractivity contribution is 7.92. The number of benzene rings is 2. The number of aryl methyl sites for hydroxylation is 2. The van der Waals surface area contributed by atoms with Crippen LogP contribution in [0.2, 0.25) is 10.0 Å². The van der Waals surface area contributed by atoms with Gasteiger partial charge >= 0.3 is 0 Å². The number of anilines is 2. The van der Waals surface area contributed by atoms with E-state index >= 15 is 0 Å². The van der Waals surface area contributed by atoms with Crippen molar-refractivity contribution in [3.05, 3.63) is 57.6 Å². The minimum atomic E-state index is -3.69. The maximum Gasteiger partial charge on any atom is 0.248 e. The summed E-state index contributed by atoms with van der Waals surface area (Å²) in [5.74, 6) is -0.445. The van der Waals surface area contributed by atoms with Gasteiger partial charge in [0.05, 0.1) is 22.0 Å². The summed E-state index contributed by atoms with van der Waals surface area (Å²) >= 11 is 11.9. The molecular weight excluding hydrogens is 407 g/mol. The van der Waals surface area contributed by atoms with Gasteiger partial charge < -0.3 is 5.32 Å². The smallest absolute Gasteiger partial charge is 0.248 e. The van der Waals surface area contributed by atoms with E-state index in [1.807, 2.05) is 19.9 Å². The van der Waals surface area contributed by atoms with Crippen LogP contribution in [0.3, 0.4) is 0 Å². The van der Waals surface area contributed by atoms with Gasteiger partial charge in [-0.2, -0.15) is 0 Å². The molecule has 8 heteroatoms. The molecule has 5 nitrogen and oxygen atoms in total. The lowest BCUT2D eigenvalue weighted by atomic mass is 10.1. The summed E-state index contributed by atoms with van der Waals surface area (Å²) in [4.78, 5) is 12.9. The maximum absolute atomic E-state index is 12.9. The number of amides is 1. The molecule has 0 bridgehead atoms. The number of nitrogens with zero attached hydrogens (tertiary/aromatic N) is 1.